The monoisotopic (exact) mass is 441 g/mol. The predicted molar refractivity (Wildman–Crippen MR) is 122 cm³/mol. The van der Waals surface area contributed by atoms with E-state index in [4.69, 9.17) is 5.11 Å². The number of hydrogen-bond acceptors (Lipinski definition) is 3. The van der Waals surface area contributed by atoms with Crippen LogP contribution in [0.5, 0.6) is 0 Å². The first-order chi connectivity index (χ1) is 14.0. The van der Waals surface area contributed by atoms with E-state index in [9.17, 15) is 13.2 Å². The van der Waals surface area contributed by atoms with E-state index in [-0.39, 0.29) is 11.3 Å². The fraction of sp³-hybridized carbons (Fsp3) is 0.696. The zero-order valence-electron chi connectivity index (χ0n) is 19.2. The normalized spacial score (nSPS) is 13.3. The lowest BCUT2D eigenvalue weighted by molar-refractivity contribution is -0.871. The van der Waals surface area contributed by atoms with E-state index in [1.807, 2.05) is 33.3 Å². The van der Waals surface area contributed by atoms with Crippen molar-refractivity contribution < 1.29 is 22.8 Å². The Hall–Kier alpha value is -1.44. The van der Waals surface area contributed by atoms with Gasteiger partial charge in [-0.15, -0.1) is 0 Å². The van der Waals surface area contributed by atoms with E-state index in [0.717, 1.165) is 18.4 Å². The highest BCUT2D eigenvalue weighted by Crippen LogP contribution is 2.15. The van der Waals surface area contributed by atoms with Crippen LogP contribution in [0.1, 0.15) is 70.3 Å². The molecule has 172 valence electrons. The molecule has 7 heteroatoms. The number of carboxylic acid groups (broad SMARTS) is 1. The van der Waals surface area contributed by atoms with Crippen LogP contribution in [0.2, 0.25) is 0 Å². The number of hydrogen-bond donors (Lipinski definition) is 2. The molecule has 0 fully saturated rings. The maximum atomic E-state index is 12.7. The van der Waals surface area contributed by atoms with Crippen molar-refractivity contribution in [2.24, 2.45) is 0 Å². The van der Waals surface area contributed by atoms with Crippen molar-refractivity contribution in [1.82, 2.24) is 4.72 Å². The lowest BCUT2D eigenvalue weighted by Crippen LogP contribution is -2.49. The smallest absolute Gasteiger partial charge is 0.305 e. The number of likely N-dealkylation sites (N-methyl/N-ethyl adjacent to an activating group) is 1. The van der Waals surface area contributed by atoms with Gasteiger partial charge in [0, 0.05) is 0 Å². The molecule has 0 spiro atoms. The van der Waals surface area contributed by atoms with Gasteiger partial charge in [0.15, 0.2) is 0 Å². The molecule has 1 aromatic carbocycles. The number of aliphatic carboxylic acids is 1. The zero-order chi connectivity index (χ0) is 22.6. The summed E-state index contributed by atoms with van der Waals surface area (Å²) in [5.41, 5.74) is 1.13. The summed E-state index contributed by atoms with van der Waals surface area (Å²) >= 11 is 0. The third-order valence-electron chi connectivity index (χ3n) is 5.06. The molecule has 0 aromatic heterocycles. The Bertz CT molecular complexity index is 725. The molecule has 0 radical (unpaired) electrons. The number of carbonyl (C=O) groups is 1. The standard InChI is InChI=1S/C23H40N2O4S/c1-5-6-7-8-9-10-11-12-13-20-14-16-22(17-15-20)30(28,29)24-21(18-23(26)27)19-25(2,3)4/h14-17,21,24H,5-13,18-19H2,1-4H3/p+1/t21-/m1/s1. The van der Waals surface area contributed by atoms with Crippen molar-refractivity contribution in [3.8, 4) is 0 Å². The molecule has 0 aliphatic carbocycles. The van der Waals surface area contributed by atoms with Crippen molar-refractivity contribution in [1.29, 1.82) is 0 Å². The first-order valence-corrected chi connectivity index (χ1v) is 12.7. The van der Waals surface area contributed by atoms with Crippen LogP contribution in [0.15, 0.2) is 29.2 Å². The molecule has 0 aliphatic heterocycles. The van der Waals surface area contributed by atoms with Gasteiger partial charge >= 0.3 is 5.97 Å². The minimum Gasteiger partial charge on any atom is -0.481 e. The molecule has 1 aromatic rings. The summed E-state index contributed by atoms with van der Waals surface area (Å²) in [6.45, 7) is 2.62. The van der Waals surface area contributed by atoms with E-state index in [1.165, 1.54) is 44.9 Å². The number of sulfonamides is 1. The zero-order valence-corrected chi connectivity index (χ0v) is 20.0. The quantitative estimate of drug-likeness (QED) is 0.297. The first-order valence-electron chi connectivity index (χ1n) is 11.2. The lowest BCUT2D eigenvalue weighted by atomic mass is 10.0. The molecular weight excluding hydrogens is 400 g/mol. The second kappa shape index (κ2) is 13.1. The van der Waals surface area contributed by atoms with Crippen LogP contribution in [0.4, 0.5) is 0 Å². The SMILES string of the molecule is CCCCCCCCCCc1ccc(S(=O)(=O)N[C@H](CC(=O)O)C[N+](C)(C)C)cc1. The van der Waals surface area contributed by atoms with E-state index >= 15 is 0 Å². The van der Waals surface area contributed by atoms with Gasteiger partial charge in [-0.3, -0.25) is 4.79 Å². The molecule has 0 saturated heterocycles. The van der Waals surface area contributed by atoms with Gasteiger partial charge < -0.3 is 9.59 Å². The van der Waals surface area contributed by atoms with Crippen molar-refractivity contribution in [3.63, 3.8) is 0 Å². The molecule has 0 saturated carbocycles. The van der Waals surface area contributed by atoms with Crippen molar-refractivity contribution >= 4 is 16.0 Å². The van der Waals surface area contributed by atoms with Gasteiger partial charge in [-0.1, -0.05) is 64.0 Å². The molecule has 1 rings (SSSR count). The molecule has 0 unspecified atom stereocenters. The highest BCUT2D eigenvalue weighted by molar-refractivity contribution is 7.89. The Balaban J connectivity index is 2.55. The lowest BCUT2D eigenvalue weighted by Gasteiger charge is -2.29. The average Bonchev–Trinajstić information content (AvgIpc) is 2.62. The van der Waals surface area contributed by atoms with Crippen LogP contribution in [0, 0.1) is 0 Å². The van der Waals surface area contributed by atoms with E-state index < -0.39 is 22.0 Å². The number of carboxylic acids is 1. The number of aryl methyl sites for hydroxylation is 1. The first kappa shape index (κ1) is 26.6. The van der Waals surface area contributed by atoms with Gasteiger partial charge in [-0.05, 0) is 30.5 Å². The third kappa shape index (κ3) is 11.7. The second-order valence-electron chi connectivity index (χ2n) is 9.26. The highest BCUT2D eigenvalue weighted by atomic mass is 32.2. The summed E-state index contributed by atoms with van der Waals surface area (Å²) in [6.07, 6.45) is 10.8. The molecule has 2 N–H and O–H groups in total. The van der Waals surface area contributed by atoms with Crippen LogP contribution >= 0.6 is 0 Å². The number of nitrogens with one attached hydrogen (secondary N) is 1. The van der Waals surface area contributed by atoms with Crippen molar-refractivity contribution in [3.05, 3.63) is 29.8 Å². The maximum absolute atomic E-state index is 12.7. The summed E-state index contributed by atoms with van der Waals surface area (Å²) in [5, 5.41) is 9.12. The second-order valence-corrected chi connectivity index (χ2v) is 11.0. The van der Waals surface area contributed by atoms with Crippen LogP contribution in [-0.4, -0.2) is 57.7 Å². The number of quaternary nitrogens is 1. The third-order valence-corrected chi connectivity index (χ3v) is 6.60. The Morgan fingerprint density at radius 3 is 2.00 bits per heavy atom. The molecule has 6 nitrogen and oxygen atoms in total. The summed E-state index contributed by atoms with van der Waals surface area (Å²) in [7, 11) is 1.96. The number of benzene rings is 1. The maximum Gasteiger partial charge on any atom is 0.305 e. The fourth-order valence-electron chi connectivity index (χ4n) is 3.60. The Morgan fingerprint density at radius 2 is 1.50 bits per heavy atom. The van der Waals surface area contributed by atoms with E-state index in [1.54, 1.807) is 12.1 Å². The Labute approximate surface area is 183 Å². The van der Waals surface area contributed by atoms with Gasteiger partial charge in [0.1, 0.15) is 0 Å². The minimum absolute atomic E-state index is 0.180. The predicted octanol–water partition coefficient (Wildman–Crippen LogP) is 4.20. The summed E-state index contributed by atoms with van der Waals surface area (Å²) in [4.78, 5) is 11.3. The van der Waals surface area contributed by atoms with Gasteiger partial charge in [0.2, 0.25) is 10.0 Å². The summed E-state index contributed by atoms with van der Waals surface area (Å²) < 4.78 is 28.5. The van der Waals surface area contributed by atoms with Gasteiger partial charge in [-0.25, -0.2) is 13.1 Å². The fourth-order valence-corrected chi connectivity index (χ4v) is 4.83. The molecular formula is C23H41N2O4S+. The molecule has 1 atom stereocenters. The summed E-state index contributed by atoms with van der Waals surface area (Å²) in [6, 6.07) is 6.30. The van der Waals surface area contributed by atoms with Gasteiger partial charge in [0.25, 0.3) is 0 Å². The molecule has 0 amide bonds. The van der Waals surface area contributed by atoms with Crippen LogP contribution in [0.25, 0.3) is 0 Å². The Morgan fingerprint density at radius 1 is 0.967 bits per heavy atom. The topological polar surface area (TPSA) is 83.5 Å². The number of nitrogens with zero attached hydrogens (tertiary/aromatic N) is 1. The summed E-state index contributed by atoms with van der Waals surface area (Å²) in [5.74, 6) is -1.02. The molecule has 30 heavy (non-hydrogen) atoms. The molecule has 0 heterocycles. The van der Waals surface area contributed by atoms with Crippen LogP contribution in [0.3, 0.4) is 0 Å². The molecule has 0 aliphatic rings. The van der Waals surface area contributed by atoms with Gasteiger partial charge in [-0.2, -0.15) is 0 Å². The largest absolute Gasteiger partial charge is 0.481 e. The highest BCUT2D eigenvalue weighted by Gasteiger charge is 2.26. The molecule has 0 bridgehead atoms. The van der Waals surface area contributed by atoms with Crippen LogP contribution < -0.4 is 4.72 Å². The Kier molecular flexibility index (Phi) is 11.6. The van der Waals surface area contributed by atoms with Crippen LogP contribution in [-0.2, 0) is 21.2 Å². The van der Waals surface area contributed by atoms with Crippen molar-refractivity contribution in [2.75, 3.05) is 27.7 Å². The van der Waals surface area contributed by atoms with E-state index in [0.29, 0.717) is 11.0 Å². The number of unbranched alkanes of at least 4 members (excludes halogenated alkanes) is 7. The van der Waals surface area contributed by atoms with Crippen molar-refractivity contribution in [2.45, 2.75) is 82.1 Å². The number of rotatable bonds is 16. The van der Waals surface area contributed by atoms with E-state index in [2.05, 4.69) is 11.6 Å². The average molecular weight is 442 g/mol. The minimum atomic E-state index is -3.76. The van der Waals surface area contributed by atoms with Gasteiger partial charge in [0.05, 0.1) is 45.0 Å².